The molecular formula is C27H43FN4O5S. The second kappa shape index (κ2) is 12.0. The number of hydrogen-bond acceptors (Lipinski definition) is 6. The molecule has 2 amide bonds. The second-order valence-corrected chi connectivity index (χ2v) is 13.9. The van der Waals surface area contributed by atoms with Gasteiger partial charge >= 0.3 is 0 Å². The molecule has 5 atom stereocenters. The van der Waals surface area contributed by atoms with Crippen LogP contribution in [0.5, 0.6) is 0 Å². The summed E-state index contributed by atoms with van der Waals surface area (Å²) in [6, 6.07) is 3.77. The van der Waals surface area contributed by atoms with Crippen molar-refractivity contribution in [3.8, 4) is 0 Å². The van der Waals surface area contributed by atoms with Gasteiger partial charge < -0.3 is 20.3 Å². The Morgan fingerprint density at radius 3 is 2.34 bits per heavy atom. The predicted molar refractivity (Wildman–Crippen MR) is 144 cm³/mol. The van der Waals surface area contributed by atoms with Crippen LogP contribution in [-0.2, 0) is 31.0 Å². The normalized spacial score (nSPS) is 23.9. The second-order valence-electron chi connectivity index (χ2n) is 11.9. The molecule has 2 saturated heterocycles. The molecule has 214 valence electrons. The number of amides is 2. The van der Waals surface area contributed by atoms with Crippen LogP contribution in [0.15, 0.2) is 24.3 Å². The number of hydrogen-bond donors (Lipinski definition) is 2. The average molecular weight is 555 g/mol. The summed E-state index contributed by atoms with van der Waals surface area (Å²) >= 11 is 0. The zero-order valence-electron chi connectivity index (χ0n) is 23.5. The molecule has 0 unspecified atom stereocenters. The van der Waals surface area contributed by atoms with Gasteiger partial charge in [-0.25, -0.2) is 12.8 Å². The quantitative estimate of drug-likeness (QED) is 0.459. The van der Waals surface area contributed by atoms with E-state index in [-0.39, 0.29) is 42.5 Å². The number of sulfonamides is 1. The fraction of sp³-hybridized carbons (Fsp3) is 0.704. The van der Waals surface area contributed by atoms with Gasteiger partial charge in [0.25, 0.3) is 0 Å². The van der Waals surface area contributed by atoms with Crippen molar-refractivity contribution < 1.29 is 27.1 Å². The van der Waals surface area contributed by atoms with E-state index in [0.29, 0.717) is 13.0 Å². The Labute approximate surface area is 226 Å². The molecule has 0 spiro atoms. The van der Waals surface area contributed by atoms with Gasteiger partial charge in [0.05, 0.1) is 30.5 Å². The Kier molecular flexibility index (Phi) is 9.60. The van der Waals surface area contributed by atoms with Crippen molar-refractivity contribution in [2.24, 2.45) is 11.3 Å². The van der Waals surface area contributed by atoms with Gasteiger partial charge in [-0.15, -0.1) is 0 Å². The van der Waals surface area contributed by atoms with Crippen molar-refractivity contribution in [1.82, 2.24) is 19.8 Å². The summed E-state index contributed by atoms with van der Waals surface area (Å²) in [4.78, 5) is 28.4. The Morgan fingerprint density at radius 2 is 1.79 bits per heavy atom. The number of likely N-dealkylation sites (N-methyl/N-ethyl adjacent to an activating group) is 1. The molecule has 9 nitrogen and oxygen atoms in total. The molecule has 0 bridgehead atoms. The molecule has 1 aromatic carbocycles. The first-order chi connectivity index (χ1) is 17.7. The van der Waals surface area contributed by atoms with E-state index < -0.39 is 45.7 Å². The maximum absolute atomic E-state index is 14.0. The van der Waals surface area contributed by atoms with Crippen molar-refractivity contribution in [3.63, 3.8) is 0 Å². The van der Waals surface area contributed by atoms with E-state index in [4.69, 9.17) is 4.74 Å². The molecule has 3 rings (SSSR count). The topological polar surface area (TPSA) is 108 Å². The number of ether oxygens (including phenoxy) is 1. The Morgan fingerprint density at radius 1 is 1.16 bits per heavy atom. The molecule has 0 saturated carbocycles. The van der Waals surface area contributed by atoms with Gasteiger partial charge in [-0.05, 0) is 49.4 Å². The van der Waals surface area contributed by atoms with Crippen LogP contribution in [0.2, 0.25) is 0 Å². The number of carbonyl (C=O) groups excluding carboxylic acids is 2. The first-order valence-electron chi connectivity index (χ1n) is 13.3. The highest BCUT2D eigenvalue weighted by atomic mass is 32.2. The first kappa shape index (κ1) is 30.5. The highest BCUT2D eigenvalue weighted by Crippen LogP contribution is 2.37. The fourth-order valence-corrected chi connectivity index (χ4v) is 7.28. The summed E-state index contributed by atoms with van der Waals surface area (Å²) in [6.07, 6.45) is -0.0759. The van der Waals surface area contributed by atoms with E-state index in [0.717, 1.165) is 5.56 Å². The zero-order chi connectivity index (χ0) is 28.4. The molecule has 2 aliphatic rings. The number of nitrogens with zero attached hydrogens (tertiary/aromatic N) is 2. The molecule has 38 heavy (non-hydrogen) atoms. The minimum atomic E-state index is -3.58. The minimum absolute atomic E-state index is 0.0113. The lowest BCUT2D eigenvalue weighted by molar-refractivity contribution is -0.142. The number of nitrogens with one attached hydrogen (secondary N) is 2. The van der Waals surface area contributed by atoms with Gasteiger partial charge in [0.2, 0.25) is 21.8 Å². The predicted octanol–water partition coefficient (Wildman–Crippen LogP) is 2.12. The molecule has 2 fully saturated rings. The summed E-state index contributed by atoms with van der Waals surface area (Å²) in [5, 5.41) is 5.80. The molecule has 2 aliphatic heterocycles. The SMILES string of the molecule is CN[C@@H](C)C(=O)N[C@H](C(=O)N1CC[C@@H]2[C@H]1[C@@H](OCc1ccc(F)cc1)CN2S(=O)(=O)CC(C)C)C(C)(C)C. The van der Waals surface area contributed by atoms with Gasteiger partial charge in [-0.1, -0.05) is 46.8 Å². The van der Waals surface area contributed by atoms with Crippen LogP contribution in [0.4, 0.5) is 4.39 Å². The van der Waals surface area contributed by atoms with Crippen LogP contribution >= 0.6 is 0 Å². The van der Waals surface area contributed by atoms with Crippen molar-refractivity contribution in [1.29, 1.82) is 0 Å². The molecule has 2 N–H and O–H groups in total. The Bertz CT molecular complexity index is 1090. The summed E-state index contributed by atoms with van der Waals surface area (Å²) in [5.74, 6) is -0.923. The first-order valence-corrected chi connectivity index (χ1v) is 14.9. The summed E-state index contributed by atoms with van der Waals surface area (Å²) < 4.78 is 47.8. The number of likely N-dealkylation sites (tertiary alicyclic amines) is 1. The molecule has 0 radical (unpaired) electrons. The molecule has 11 heteroatoms. The number of rotatable bonds is 10. The van der Waals surface area contributed by atoms with Crippen LogP contribution < -0.4 is 10.6 Å². The van der Waals surface area contributed by atoms with E-state index >= 15 is 0 Å². The molecule has 2 heterocycles. The van der Waals surface area contributed by atoms with E-state index in [9.17, 15) is 22.4 Å². The van der Waals surface area contributed by atoms with E-state index in [2.05, 4.69) is 10.6 Å². The van der Waals surface area contributed by atoms with Gasteiger partial charge in [-0.2, -0.15) is 4.31 Å². The number of benzene rings is 1. The van der Waals surface area contributed by atoms with Gasteiger partial charge in [0, 0.05) is 19.1 Å². The van der Waals surface area contributed by atoms with E-state index in [1.807, 2.05) is 34.6 Å². The lowest BCUT2D eigenvalue weighted by Gasteiger charge is -2.37. The minimum Gasteiger partial charge on any atom is -0.370 e. The summed E-state index contributed by atoms with van der Waals surface area (Å²) in [6.45, 7) is 11.8. The number of carbonyl (C=O) groups is 2. The van der Waals surface area contributed by atoms with Crippen molar-refractivity contribution in [2.75, 3.05) is 25.9 Å². The van der Waals surface area contributed by atoms with Crippen LogP contribution in [0.3, 0.4) is 0 Å². The van der Waals surface area contributed by atoms with Gasteiger partial charge in [0.1, 0.15) is 11.9 Å². The third kappa shape index (κ3) is 6.91. The molecule has 0 aliphatic carbocycles. The molecular weight excluding hydrogens is 511 g/mol. The lowest BCUT2D eigenvalue weighted by atomic mass is 9.85. The largest absolute Gasteiger partial charge is 0.370 e. The number of fused-ring (bicyclic) bond motifs is 1. The van der Waals surface area contributed by atoms with Crippen molar-refractivity contribution in [3.05, 3.63) is 35.6 Å². The van der Waals surface area contributed by atoms with Crippen LogP contribution in [0.25, 0.3) is 0 Å². The molecule has 0 aromatic heterocycles. The smallest absolute Gasteiger partial charge is 0.246 e. The summed E-state index contributed by atoms with van der Waals surface area (Å²) in [7, 11) is -1.90. The maximum Gasteiger partial charge on any atom is 0.246 e. The standard InChI is InChI=1S/C27H43FN4O5S/c1-17(2)16-38(35,36)32-14-22(37-15-19-8-10-20(28)11-9-19)23-21(32)12-13-31(23)26(34)24(27(4,5)6)30-25(33)18(3)29-7/h8-11,17-18,21-24,29H,12-16H2,1-7H3,(H,30,33)/t18-,21+,22-,23-,24+/m0/s1. The fourth-order valence-electron chi connectivity index (χ4n) is 5.22. The number of halogens is 1. The third-order valence-corrected chi connectivity index (χ3v) is 9.54. The van der Waals surface area contributed by atoms with E-state index in [1.165, 1.54) is 16.4 Å². The van der Waals surface area contributed by atoms with E-state index in [1.54, 1.807) is 31.0 Å². The summed E-state index contributed by atoms with van der Waals surface area (Å²) in [5.41, 5.74) is 0.174. The molecule has 1 aromatic rings. The maximum atomic E-state index is 14.0. The van der Waals surface area contributed by atoms with Crippen LogP contribution in [0, 0.1) is 17.2 Å². The van der Waals surface area contributed by atoms with Gasteiger partial charge in [0.15, 0.2) is 0 Å². The highest BCUT2D eigenvalue weighted by molar-refractivity contribution is 7.89. The Balaban J connectivity index is 1.90. The van der Waals surface area contributed by atoms with Crippen molar-refractivity contribution in [2.45, 2.75) is 84.8 Å². The van der Waals surface area contributed by atoms with Crippen LogP contribution in [0.1, 0.15) is 53.5 Å². The van der Waals surface area contributed by atoms with Crippen molar-refractivity contribution >= 4 is 21.8 Å². The highest BCUT2D eigenvalue weighted by Gasteiger charge is 2.55. The average Bonchev–Trinajstić information content (AvgIpc) is 3.40. The third-order valence-electron chi connectivity index (χ3n) is 7.32. The Hall–Kier alpha value is -2.08. The van der Waals surface area contributed by atoms with Gasteiger partial charge in [-0.3, -0.25) is 9.59 Å². The lowest BCUT2D eigenvalue weighted by Crippen LogP contribution is -2.59. The van der Waals surface area contributed by atoms with Crippen LogP contribution in [-0.4, -0.2) is 85.6 Å². The monoisotopic (exact) mass is 554 g/mol. The zero-order valence-corrected chi connectivity index (χ0v) is 24.3.